The van der Waals surface area contributed by atoms with Gasteiger partial charge in [-0.1, -0.05) is 0 Å². The second-order valence-electron chi connectivity index (χ2n) is 4.53. The lowest BCUT2D eigenvalue weighted by Crippen LogP contribution is -2.37. The van der Waals surface area contributed by atoms with Crippen LogP contribution in [0.15, 0.2) is 16.6 Å². The Morgan fingerprint density at radius 2 is 2.26 bits per heavy atom. The average Bonchev–Trinajstić information content (AvgIpc) is 2.66. The normalized spacial score (nSPS) is 19.7. The number of halogens is 2. The monoisotopic (exact) mass is 343 g/mol. The molecule has 1 aliphatic rings. The quantitative estimate of drug-likeness (QED) is 0.782. The molecule has 1 aromatic carbocycles. The zero-order valence-electron chi connectivity index (χ0n) is 9.87. The highest BCUT2D eigenvalue weighted by atomic mass is 79.9. The third-order valence-corrected chi connectivity index (χ3v) is 4.23. The lowest BCUT2D eigenvalue weighted by atomic mass is 10.1. The van der Waals surface area contributed by atoms with Crippen molar-refractivity contribution in [1.82, 2.24) is 14.9 Å². The van der Waals surface area contributed by atoms with E-state index < -0.39 is 0 Å². The van der Waals surface area contributed by atoms with Crippen molar-refractivity contribution in [3.63, 3.8) is 0 Å². The molecule has 3 rings (SSSR count). The van der Waals surface area contributed by atoms with E-state index in [0.29, 0.717) is 21.3 Å². The molecular weight excluding hydrogens is 333 g/mol. The molecule has 1 saturated heterocycles. The van der Waals surface area contributed by atoms with Crippen molar-refractivity contribution >= 4 is 45.1 Å². The highest BCUT2D eigenvalue weighted by Gasteiger charge is 2.26. The van der Waals surface area contributed by atoms with Crippen molar-refractivity contribution in [3.05, 3.63) is 27.2 Å². The topological polar surface area (TPSA) is 49.8 Å². The number of amides is 1. The second kappa shape index (κ2) is 4.72. The first-order chi connectivity index (χ1) is 9.08. The predicted molar refractivity (Wildman–Crippen MR) is 76.1 cm³/mol. The van der Waals surface area contributed by atoms with Gasteiger partial charge in [-0.25, -0.2) is 4.39 Å². The van der Waals surface area contributed by atoms with Gasteiger partial charge in [0.2, 0.25) is 5.91 Å². The number of piperidine rings is 1. The lowest BCUT2D eigenvalue weighted by Gasteiger charge is -2.23. The molecule has 100 valence electrons. The van der Waals surface area contributed by atoms with Crippen LogP contribution in [0.3, 0.4) is 0 Å². The first-order valence-electron chi connectivity index (χ1n) is 5.95. The van der Waals surface area contributed by atoms with Gasteiger partial charge in [-0.3, -0.25) is 4.79 Å². The van der Waals surface area contributed by atoms with Crippen molar-refractivity contribution in [3.8, 4) is 0 Å². The lowest BCUT2D eigenvalue weighted by molar-refractivity contribution is -0.125. The van der Waals surface area contributed by atoms with Crippen LogP contribution in [-0.4, -0.2) is 22.0 Å². The Balaban J connectivity index is 2.22. The number of nitrogens with one attached hydrogen (secondary N) is 2. The van der Waals surface area contributed by atoms with E-state index in [1.54, 1.807) is 10.6 Å². The van der Waals surface area contributed by atoms with Gasteiger partial charge in [0.05, 0.1) is 15.5 Å². The number of nitrogens with zero attached hydrogens (tertiary/aromatic N) is 1. The standard InChI is InChI=1S/C12H11BrFN3OS/c13-6-4-10-8(5-7(6)14)16-12(19)17(10)9-2-1-3-15-11(9)18/h4-5,9H,1-3H2,(H,15,18)(H,16,19). The number of hydrogen-bond acceptors (Lipinski definition) is 2. The van der Waals surface area contributed by atoms with E-state index >= 15 is 0 Å². The number of benzene rings is 1. The highest BCUT2D eigenvalue weighted by molar-refractivity contribution is 9.10. The zero-order valence-corrected chi connectivity index (χ0v) is 12.3. The number of imidazole rings is 1. The maximum absolute atomic E-state index is 13.5. The Labute approximate surface area is 122 Å². The van der Waals surface area contributed by atoms with Gasteiger partial charge < -0.3 is 14.9 Å². The van der Waals surface area contributed by atoms with Gasteiger partial charge in [0.15, 0.2) is 4.77 Å². The van der Waals surface area contributed by atoms with E-state index in [9.17, 15) is 9.18 Å². The van der Waals surface area contributed by atoms with E-state index in [4.69, 9.17) is 12.2 Å². The maximum Gasteiger partial charge on any atom is 0.243 e. The van der Waals surface area contributed by atoms with Crippen LogP contribution in [0.25, 0.3) is 11.0 Å². The molecule has 2 heterocycles. The number of hydrogen-bond donors (Lipinski definition) is 2. The highest BCUT2D eigenvalue weighted by Crippen LogP contribution is 2.28. The molecule has 0 saturated carbocycles. The first-order valence-corrected chi connectivity index (χ1v) is 7.15. The van der Waals surface area contributed by atoms with Gasteiger partial charge in [0.1, 0.15) is 11.9 Å². The molecule has 4 nitrogen and oxygen atoms in total. The minimum atomic E-state index is -0.357. The summed E-state index contributed by atoms with van der Waals surface area (Å²) in [4.78, 5) is 14.9. The molecule has 19 heavy (non-hydrogen) atoms. The summed E-state index contributed by atoms with van der Waals surface area (Å²) in [6.45, 7) is 0.698. The van der Waals surface area contributed by atoms with Gasteiger partial charge in [0, 0.05) is 12.6 Å². The fraction of sp³-hybridized carbons (Fsp3) is 0.333. The number of rotatable bonds is 1. The Morgan fingerprint density at radius 3 is 3.00 bits per heavy atom. The van der Waals surface area contributed by atoms with E-state index in [-0.39, 0.29) is 17.8 Å². The molecule has 7 heteroatoms. The third kappa shape index (κ3) is 2.10. The SMILES string of the molecule is O=C1NCCCC1n1c(=S)[nH]c2cc(F)c(Br)cc21. The molecule has 2 aromatic rings. The summed E-state index contributed by atoms with van der Waals surface area (Å²) in [5, 5.41) is 2.83. The van der Waals surface area contributed by atoms with Gasteiger partial charge in [-0.2, -0.15) is 0 Å². The Morgan fingerprint density at radius 1 is 1.47 bits per heavy atom. The van der Waals surface area contributed by atoms with Crippen LogP contribution in [0, 0.1) is 10.6 Å². The van der Waals surface area contributed by atoms with E-state index in [0.717, 1.165) is 18.4 Å². The van der Waals surface area contributed by atoms with E-state index in [1.807, 2.05) is 0 Å². The van der Waals surface area contributed by atoms with Gasteiger partial charge in [-0.15, -0.1) is 0 Å². The molecule has 0 aliphatic carbocycles. The molecule has 1 unspecified atom stereocenters. The minimum Gasteiger partial charge on any atom is -0.354 e. The molecule has 1 atom stereocenters. The van der Waals surface area contributed by atoms with Crippen molar-refractivity contribution in [2.24, 2.45) is 0 Å². The number of H-pyrrole nitrogens is 1. The molecule has 1 aromatic heterocycles. The summed E-state index contributed by atoms with van der Waals surface area (Å²) in [6, 6.07) is 2.71. The van der Waals surface area contributed by atoms with Crippen LogP contribution in [-0.2, 0) is 4.79 Å². The number of carbonyl (C=O) groups is 1. The Bertz CT molecular complexity index is 724. The number of carbonyl (C=O) groups excluding carboxylic acids is 1. The summed E-state index contributed by atoms with van der Waals surface area (Å²) in [7, 11) is 0. The van der Waals surface area contributed by atoms with Crippen LogP contribution >= 0.6 is 28.1 Å². The molecule has 1 aliphatic heterocycles. The Kier molecular flexibility index (Phi) is 3.18. The fourth-order valence-electron chi connectivity index (χ4n) is 2.43. The number of aromatic nitrogens is 2. The van der Waals surface area contributed by atoms with Crippen LogP contribution in [0.4, 0.5) is 4.39 Å². The van der Waals surface area contributed by atoms with Crippen molar-refractivity contribution in [2.75, 3.05) is 6.54 Å². The molecule has 1 amide bonds. The molecular formula is C12H11BrFN3OS. The molecule has 0 bridgehead atoms. The Hall–Kier alpha value is -1.21. The zero-order chi connectivity index (χ0) is 13.6. The van der Waals surface area contributed by atoms with E-state index in [1.165, 1.54) is 6.07 Å². The van der Waals surface area contributed by atoms with Crippen molar-refractivity contribution < 1.29 is 9.18 Å². The summed E-state index contributed by atoms with van der Waals surface area (Å²) < 4.78 is 16.1. The summed E-state index contributed by atoms with van der Waals surface area (Å²) in [5.41, 5.74) is 1.34. The minimum absolute atomic E-state index is 0.0382. The van der Waals surface area contributed by atoms with Gasteiger partial charge in [0.25, 0.3) is 0 Å². The second-order valence-corrected chi connectivity index (χ2v) is 5.77. The first kappa shape index (κ1) is 12.8. The summed E-state index contributed by atoms with van der Waals surface area (Å²) in [5.74, 6) is -0.396. The molecule has 0 radical (unpaired) electrons. The molecule has 1 fully saturated rings. The van der Waals surface area contributed by atoms with Crippen LogP contribution in [0.1, 0.15) is 18.9 Å². The predicted octanol–water partition coefficient (Wildman–Crippen LogP) is 3.05. The van der Waals surface area contributed by atoms with E-state index in [2.05, 4.69) is 26.2 Å². The number of aromatic amines is 1. The van der Waals surface area contributed by atoms with Crippen molar-refractivity contribution in [1.29, 1.82) is 0 Å². The van der Waals surface area contributed by atoms with Gasteiger partial charge >= 0.3 is 0 Å². The average molecular weight is 344 g/mol. The van der Waals surface area contributed by atoms with Crippen molar-refractivity contribution in [2.45, 2.75) is 18.9 Å². The van der Waals surface area contributed by atoms with Crippen LogP contribution in [0.2, 0.25) is 0 Å². The largest absolute Gasteiger partial charge is 0.354 e. The maximum atomic E-state index is 13.5. The molecule has 0 spiro atoms. The molecule has 2 N–H and O–H groups in total. The van der Waals surface area contributed by atoms with Gasteiger partial charge in [-0.05, 0) is 47.1 Å². The third-order valence-electron chi connectivity index (χ3n) is 3.33. The van der Waals surface area contributed by atoms with Crippen LogP contribution < -0.4 is 5.32 Å². The number of fused-ring (bicyclic) bond motifs is 1. The summed E-state index contributed by atoms with van der Waals surface area (Å²) >= 11 is 8.43. The van der Waals surface area contributed by atoms with Crippen LogP contribution in [0.5, 0.6) is 0 Å². The summed E-state index contributed by atoms with van der Waals surface area (Å²) in [6.07, 6.45) is 1.65. The fourth-order valence-corrected chi connectivity index (χ4v) is 3.10. The smallest absolute Gasteiger partial charge is 0.243 e.